The fourth-order valence-electron chi connectivity index (χ4n) is 1.76. The van der Waals surface area contributed by atoms with Crippen LogP contribution in [0.4, 0.5) is 4.79 Å². The maximum absolute atomic E-state index is 11.8. The molecule has 1 fully saturated rings. The van der Waals surface area contributed by atoms with Crippen molar-refractivity contribution in [3.8, 4) is 0 Å². The summed E-state index contributed by atoms with van der Waals surface area (Å²) < 4.78 is 1.25. The van der Waals surface area contributed by atoms with Gasteiger partial charge in [-0.05, 0) is 0 Å². The topological polar surface area (TPSA) is 143 Å². The second-order valence-electron chi connectivity index (χ2n) is 4.33. The van der Waals surface area contributed by atoms with Crippen molar-refractivity contribution >= 4 is 17.9 Å². The van der Waals surface area contributed by atoms with Gasteiger partial charge in [0.15, 0.2) is 0 Å². The fraction of sp³-hybridized carbons (Fsp3) is 0.500. The van der Waals surface area contributed by atoms with E-state index in [-0.39, 0.29) is 13.0 Å². The summed E-state index contributed by atoms with van der Waals surface area (Å²) in [6.45, 7) is 0.618. The lowest BCUT2D eigenvalue weighted by molar-refractivity contribution is -0.138. The van der Waals surface area contributed by atoms with Crippen LogP contribution < -0.4 is 11.1 Å². The SMILES string of the molecule is NC(Cc1cn(CC(=O)N2CCNC2=O)nn1)C(=O)O. The summed E-state index contributed by atoms with van der Waals surface area (Å²) in [6.07, 6.45) is 1.46. The van der Waals surface area contributed by atoms with Crippen molar-refractivity contribution in [2.45, 2.75) is 19.0 Å². The normalized spacial score (nSPS) is 16.1. The Balaban J connectivity index is 1.94. The number of hydrogen-bond acceptors (Lipinski definition) is 6. The summed E-state index contributed by atoms with van der Waals surface area (Å²) in [7, 11) is 0. The van der Waals surface area contributed by atoms with Gasteiger partial charge in [0.05, 0.1) is 5.69 Å². The number of aliphatic carboxylic acids is 1. The van der Waals surface area contributed by atoms with Gasteiger partial charge in [-0.25, -0.2) is 9.48 Å². The van der Waals surface area contributed by atoms with E-state index in [1.165, 1.54) is 10.9 Å². The lowest BCUT2D eigenvalue weighted by Crippen LogP contribution is -2.36. The third kappa shape index (κ3) is 3.09. The maximum Gasteiger partial charge on any atom is 0.324 e. The van der Waals surface area contributed by atoms with Gasteiger partial charge in [0.25, 0.3) is 5.91 Å². The number of urea groups is 1. The van der Waals surface area contributed by atoms with Crippen molar-refractivity contribution in [2.24, 2.45) is 5.73 Å². The molecule has 1 saturated heterocycles. The first-order valence-electron chi connectivity index (χ1n) is 5.93. The number of nitrogens with one attached hydrogen (secondary N) is 1. The number of hydrogen-bond donors (Lipinski definition) is 3. The third-order valence-electron chi connectivity index (χ3n) is 2.79. The summed E-state index contributed by atoms with van der Waals surface area (Å²) in [5.41, 5.74) is 5.75. The third-order valence-corrected chi connectivity index (χ3v) is 2.79. The van der Waals surface area contributed by atoms with Crippen LogP contribution in [0.3, 0.4) is 0 Å². The zero-order valence-electron chi connectivity index (χ0n) is 10.5. The molecule has 3 amide bonds. The second kappa shape index (κ2) is 5.65. The first-order chi connectivity index (χ1) is 9.47. The number of nitrogens with zero attached hydrogens (tertiary/aromatic N) is 4. The molecule has 1 unspecified atom stereocenters. The Kier molecular flexibility index (Phi) is 3.94. The van der Waals surface area contributed by atoms with Crippen LogP contribution >= 0.6 is 0 Å². The van der Waals surface area contributed by atoms with E-state index in [9.17, 15) is 14.4 Å². The first kappa shape index (κ1) is 13.9. The Morgan fingerprint density at radius 2 is 2.30 bits per heavy atom. The highest BCUT2D eigenvalue weighted by atomic mass is 16.4. The van der Waals surface area contributed by atoms with Crippen LogP contribution in [0.1, 0.15) is 5.69 Å². The van der Waals surface area contributed by atoms with Crippen molar-refractivity contribution in [3.63, 3.8) is 0 Å². The molecule has 0 bridgehead atoms. The monoisotopic (exact) mass is 282 g/mol. The summed E-state index contributed by atoms with van der Waals surface area (Å²) in [4.78, 5) is 34.8. The molecule has 0 radical (unpaired) electrons. The number of amides is 3. The Morgan fingerprint density at radius 3 is 2.90 bits per heavy atom. The minimum Gasteiger partial charge on any atom is -0.480 e. The van der Waals surface area contributed by atoms with Gasteiger partial charge in [-0.2, -0.15) is 0 Å². The molecule has 0 aromatic carbocycles. The van der Waals surface area contributed by atoms with E-state index in [4.69, 9.17) is 10.8 Å². The smallest absolute Gasteiger partial charge is 0.324 e. The first-order valence-corrected chi connectivity index (χ1v) is 5.93. The molecule has 0 spiro atoms. The molecule has 1 aromatic rings. The Labute approximate surface area is 113 Å². The van der Waals surface area contributed by atoms with Crippen molar-refractivity contribution < 1.29 is 19.5 Å². The van der Waals surface area contributed by atoms with Crippen LogP contribution in [0.2, 0.25) is 0 Å². The van der Waals surface area contributed by atoms with E-state index >= 15 is 0 Å². The molecular weight excluding hydrogens is 268 g/mol. The number of aromatic nitrogens is 3. The van der Waals surface area contributed by atoms with Crippen LogP contribution in [0, 0.1) is 0 Å². The second-order valence-corrected chi connectivity index (χ2v) is 4.33. The number of imide groups is 1. The highest BCUT2D eigenvalue weighted by molar-refractivity contribution is 5.95. The van der Waals surface area contributed by atoms with Gasteiger partial charge in [-0.15, -0.1) is 5.10 Å². The van der Waals surface area contributed by atoms with E-state index in [0.29, 0.717) is 18.8 Å². The number of nitrogens with two attached hydrogens (primary N) is 1. The average molecular weight is 282 g/mol. The van der Waals surface area contributed by atoms with Gasteiger partial charge in [0.1, 0.15) is 12.6 Å². The zero-order chi connectivity index (χ0) is 14.7. The van der Waals surface area contributed by atoms with Crippen molar-refractivity contribution in [1.29, 1.82) is 0 Å². The minimum atomic E-state index is -1.13. The van der Waals surface area contributed by atoms with E-state index in [1.807, 2.05) is 0 Å². The fourth-order valence-corrected chi connectivity index (χ4v) is 1.76. The lowest BCUT2D eigenvalue weighted by atomic mass is 10.2. The quantitative estimate of drug-likeness (QED) is 0.555. The van der Waals surface area contributed by atoms with Gasteiger partial charge in [-0.1, -0.05) is 5.21 Å². The molecule has 0 aliphatic carbocycles. The van der Waals surface area contributed by atoms with Crippen LogP contribution in [-0.4, -0.2) is 62.0 Å². The van der Waals surface area contributed by atoms with Gasteiger partial charge < -0.3 is 16.2 Å². The number of carboxylic acid groups (broad SMARTS) is 1. The Morgan fingerprint density at radius 1 is 1.55 bits per heavy atom. The predicted octanol–water partition coefficient (Wildman–Crippen LogP) is -2.22. The molecule has 2 heterocycles. The highest BCUT2D eigenvalue weighted by Gasteiger charge is 2.26. The summed E-state index contributed by atoms with van der Waals surface area (Å²) in [5.74, 6) is -1.54. The molecule has 10 nitrogen and oxygen atoms in total. The number of carboxylic acids is 1. The molecular formula is C10H14N6O4. The average Bonchev–Trinajstić information content (AvgIpc) is 2.98. The molecule has 1 atom stereocenters. The molecule has 1 aliphatic rings. The number of carbonyl (C=O) groups excluding carboxylic acids is 2. The van der Waals surface area contributed by atoms with E-state index in [0.717, 1.165) is 4.90 Å². The number of carbonyl (C=O) groups is 3. The molecule has 4 N–H and O–H groups in total. The number of rotatable bonds is 5. The Hall–Kier alpha value is -2.49. The molecule has 0 saturated carbocycles. The summed E-state index contributed by atoms with van der Waals surface area (Å²) in [6, 6.07) is -1.50. The van der Waals surface area contributed by atoms with E-state index in [1.54, 1.807) is 0 Å². The van der Waals surface area contributed by atoms with Gasteiger partial charge in [0, 0.05) is 25.7 Å². The van der Waals surface area contributed by atoms with Gasteiger partial charge in [0.2, 0.25) is 0 Å². The standard InChI is InChI=1S/C10H14N6O4/c11-7(9(18)19)3-6-4-15(14-13-6)5-8(17)16-2-1-12-10(16)20/h4,7H,1-3,5,11H2,(H,12,20)(H,18,19). The molecule has 108 valence electrons. The zero-order valence-corrected chi connectivity index (χ0v) is 10.5. The summed E-state index contributed by atoms with van der Waals surface area (Å²) in [5, 5.41) is 18.6. The summed E-state index contributed by atoms with van der Waals surface area (Å²) >= 11 is 0. The van der Waals surface area contributed by atoms with E-state index < -0.39 is 23.9 Å². The van der Waals surface area contributed by atoms with Crippen LogP contribution in [-0.2, 0) is 22.6 Å². The van der Waals surface area contributed by atoms with Crippen LogP contribution in [0.5, 0.6) is 0 Å². The largest absolute Gasteiger partial charge is 0.480 e. The van der Waals surface area contributed by atoms with Crippen molar-refractivity contribution in [3.05, 3.63) is 11.9 Å². The predicted molar refractivity (Wildman–Crippen MR) is 64.4 cm³/mol. The van der Waals surface area contributed by atoms with Crippen molar-refractivity contribution in [2.75, 3.05) is 13.1 Å². The van der Waals surface area contributed by atoms with Gasteiger partial charge >= 0.3 is 12.0 Å². The molecule has 10 heteroatoms. The minimum absolute atomic E-state index is 0.0216. The Bertz CT molecular complexity index is 542. The molecule has 1 aliphatic heterocycles. The van der Waals surface area contributed by atoms with E-state index in [2.05, 4.69) is 15.6 Å². The van der Waals surface area contributed by atoms with Crippen LogP contribution in [0.15, 0.2) is 6.20 Å². The van der Waals surface area contributed by atoms with Crippen molar-refractivity contribution in [1.82, 2.24) is 25.2 Å². The lowest BCUT2D eigenvalue weighted by Gasteiger charge is -2.11. The van der Waals surface area contributed by atoms with Gasteiger partial charge in [-0.3, -0.25) is 14.5 Å². The maximum atomic E-state index is 11.8. The molecule has 1 aromatic heterocycles. The highest BCUT2D eigenvalue weighted by Crippen LogP contribution is 2.02. The van der Waals surface area contributed by atoms with Crippen LogP contribution in [0.25, 0.3) is 0 Å². The molecule has 2 rings (SSSR count). The molecule has 20 heavy (non-hydrogen) atoms.